The molecule has 7 nitrogen and oxygen atoms in total. The molecule has 0 saturated carbocycles. The average molecular weight is 530 g/mol. The van der Waals surface area contributed by atoms with Crippen LogP contribution in [0.4, 0.5) is 5.69 Å². The van der Waals surface area contributed by atoms with E-state index in [9.17, 15) is 9.59 Å². The summed E-state index contributed by atoms with van der Waals surface area (Å²) < 4.78 is 11.7. The molecule has 39 heavy (non-hydrogen) atoms. The standard InChI is InChI=1S/C32H39N3O4/c1-3-19-38-30-17-14-26(20-24(30)2)22-35(29-11-7-8-18-33-32(29)37)31(36)23-39-28-15-12-25(13-16-28)21-34-27-9-5-4-6-10-27/h4-6,9-10,12-17,20,29,34H,3,7-8,11,18-19,21-23H2,1-2H3,(H,33,37)/t29-/m0/s1. The van der Waals surface area contributed by atoms with Crippen LogP contribution < -0.4 is 20.1 Å². The van der Waals surface area contributed by atoms with Crippen molar-refractivity contribution in [3.05, 3.63) is 89.5 Å². The zero-order chi connectivity index (χ0) is 27.5. The number of aryl methyl sites for hydroxylation is 1. The first-order valence-corrected chi connectivity index (χ1v) is 13.8. The molecule has 0 unspecified atom stereocenters. The molecule has 0 spiro atoms. The Kier molecular flexibility index (Phi) is 10.2. The first-order valence-electron chi connectivity index (χ1n) is 13.8. The number of anilines is 1. The molecule has 2 amide bonds. The molecule has 0 bridgehead atoms. The summed E-state index contributed by atoms with van der Waals surface area (Å²) in [5, 5.41) is 6.35. The van der Waals surface area contributed by atoms with Crippen LogP contribution in [0.2, 0.25) is 0 Å². The Hall–Kier alpha value is -4.00. The number of nitrogens with zero attached hydrogens (tertiary/aromatic N) is 1. The summed E-state index contributed by atoms with van der Waals surface area (Å²) in [7, 11) is 0. The minimum absolute atomic E-state index is 0.101. The van der Waals surface area contributed by atoms with Gasteiger partial charge in [0.2, 0.25) is 5.91 Å². The molecule has 1 fully saturated rings. The smallest absolute Gasteiger partial charge is 0.261 e. The van der Waals surface area contributed by atoms with Crippen molar-refractivity contribution in [3.8, 4) is 11.5 Å². The zero-order valence-corrected chi connectivity index (χ0v) is 22.9. The van der Waals surface area contributed by atoms with Gasteiger partial charge >= 0.3 is 0 Å². The lowest BCUT2D eigenvalue weighted by molar-refractivity contribution is -0.142. The van der Waals surface area contributed by atoms with E-state index in [1.54, 1.807) is 4.90 Å². The Balaban J connectivity index is 1.41. The van der Waals surface area contributed by atoms with Crippen molar-refractivity contribution in [1.29, 1.82) is 0 Å². The molecule has 1 atom stereocenters. The molecule has 1 aliphatic rings. The number of nitrogens with one attached hydrogen (secondary N) is 2. The van der Waals surface area contributed by atoms with E-state index in [1.165, 1.54) is 0 Å². The minimum atomic E-state index is -0.522. The van der Waals surface area contributed by atoms with E-state index in [2.05, 4.69) is 17.6 Å². The van der Waals surface area contributed by atoms with Crippen molar-refractivity contribution in [1.82, 2.24) is 10.2 Å². The topological polar surface area (TPSA) is 79.9 Å². The van der Waals surface area contributed by atoms with Crippen molar-refractivity contribution < 1.29 is 19.1 Å². The fourth-order valence-corrected chi connectivity index (χ4v) is 4.66. The normalized spacial score (nSPS) is 15.1. The van der Waals surface area contributed by atoms with Gasteiger partial charge in [-0.1, -0.05) is 49.4 Å². The van der Waals surface area contributed by atoms with E-state index in [0.717, 1.165) is 47.4 Å². The maximum Gasteiger partial charge on any atom is 0.261 e. The number of hydrogen-bond acceptors (Lipinski definition) is 5. The average Bonchev–Trinajstić information content (AvgIpc) is 3.18. The molecule has 7 heteroatoms. The highest BCUT2D eigenvalue weighted by molar-refractivity contribution is 5.88. The molecular weight excluding hydrogens is 490 g/mol. The molecule has 3 aromatic rings. The maximum absolute atomic E-state index is 13.5. The summed E-state index contributed by atoms with van der Waals surface area (Å²) in [6.07, 6.45) is 3.37. The summed E-state index contributed by atoms with van der Waals surface area (Å²) in [5.41, 5.74) is 4.13. The van der Waals surface area contributed by atoms with Gasteiger partial charge in [0.05, 0.1) is 6.61 Å². The Morgan fingerprint density at radius 1 is 1.00 bits per heavy atom. The molecule has 4 rings (SSSR count). The van der Waals surface area contributed by atoms with Gasteiger partial charge in [0, 0.05) is 25.3 Å². The number of amides is 2. The van der Waals surface area contributed by atoms with E-state index in [1.807, 2.05) is 79.7 Å². The summed E-state index contributed by atoms with van der Waals surface area (Å²) in [5.74, 6) is 1.15. The van der Waals surface area contributed by atoms with Gasteiger partial charge in [0.1, 0.15) is 17.5 Å². The SMILES string of the molecule is CCCOc1ccc(CN(C(=O)COc2ccc(CNc3ccccc3)cc2)[C@H]2CCCCNC2=O)cc1C. The molecule has 206 valence electrons. The van der Waals surface area contributed by atoms with E-state index in [0.29, 0.717) is 38.4 Å². The summed E-state index contributed by atoms with van der Waals surface area (Å²) in [4.78, 5) is 28.0. The van der Waals surface area contributed by atoms with Crippen LogP contribution in [-0.2, 0) is 22.7 Å². The number of ether oxygens (including phenoxy) is 2. The van der Waals surface area contributed by atoms with E-state index < -0.39 is 6.04 Å². The van der Waals surface area contributed by atoms with Gasteiger partial charge in [0.15, 0.2) is 6.61 Å². The predicted molar refractivity (Wildman–Crippen MR) is 154 cm³/mol. The monoisotopic (exact) mass is 529 g/mol. The first kappa shape index (κ1) is 28.0. The van der Waals surface area contributed by atoms with Crippen LogP contribution in [-0.4, -0.2) is 42.5 Å². The number of hydrogen-bond donors (Lipinski definition) is 2. The van der Waals surface area contributed by atoms with E-state index in [-0.39, 0.29) is 18.4 Å². The largest absolute Gasteiger partial charge is 0.493 e. The molecule has 0 aromatic heterocycles. The van der Waals surface area contributed by atoms with Crippen LogP contribution in [0.5, 0.6) is 11.5 Å². The van der Waals surface area contributed by atoms with Crippen LogP contribution in [0.1, 0.15) is 49.3 Å². The molecule has 1 saturated heterocycles. The number of carbonyl (C=O) groups excluding carboxylic acids is 2. The van der Waals surface area contributed by atoms with Crippen LogP contribution in [0.3, 0.4) is 0 Å². The third-order valence-electron chi connectivity index (χ3n) is 6.81. The molecule has 1 heterocycles. The van der Waals surface area contributed by atoms with Crippen molar-refractivity contribution in [2.45, 2.75) is 58.7 Å². The van der Waals surface area contributed by atoms with Crippen molar-refractivity contribution in [2.75, 3.05) is 25.1 Å². The summed E-state index contributed by atoms with van der Waals surface area (Å²) in [6, 6.07) is 23.2. The Labute approximate surface area is 231 Å². The second-order valence-corrected chi connectivity index (χ2v) is 9.92. The molecule has 1 aliphatic heterocycles. The third-order valence-corrected chi connectivity index (χ3v) is 6.81. The van der Waals surface area contributed by atoms with Crippen LogP contribution in [0, 0.1) is 6.92 Å². The highest BCUT2D eigenvalue weighted by Crippen LogP contribution is 2.23. The lowest BCUT2D eigenvalue weighted by Crippen LogP contribution is -2.49. The van der Waals surface area contributed by atoms with Crippen molar-refractivity contribution in [3.63, 3.8) is 0 Å². The lowest BCUT2D eigenvalue weighted by Gasteiger charge is -2.30. The number of para-hydroxylation sites is 1. The summed E-state index contributed by atoms with van der Waals surface area (Å²) >= 11 is 0. The van der Waals surface area contributed by atoms with Crippen LogP contribution in [0.15, 0.2) is 72.8 Å². The fraction of sp³-hybridized carbons (Fsp3) is 0.375. The highest BCUT2D eigenvalue weighted by atomic mass is 16.5. The lowest BCUT2D eigenvalue weighted by atomic mass is 10.1. The molecular formula is C32H39N3O4. The number of benzene rings is 3. The molecule has 3 aromatic carbocycles. The Morgan fingerprint density at radius 2 is 1.77 bits per heavy atom. The molecule has 0 radical (unpaired) electrons. The van der Waals surface area contributed by atoms with Gasteiger partial charge in [-0.05, 0) is 79.6 Å². The van der Waals surface area contributed by atoms with Crippen LogP contribution >= 0.6 is 0 Å². The predicted octanol–water partition coefficient (Wildman–Crippen LogP) is 5.47. The van der Waals surface area contributed by atoms with Gasteiger partial charge in [-0.3, -0.25) is 9.59 Å². The second-order valence-electron chi connectivity index (χ2n) is 9.92. The quantitative estimate of drug-likeness (QED) is 0.325. The Bertz CT molecular complexity index is 1210. The second kappa shape index (κ2) is 14.2. The van der Waals surface area contributed by atoms with Crippen molar-refractivity contribution >= 4 is 17.5 Å². The Morgan fingerprint density at radius 3 is 2.51 bits per heavy atom. The van der Waals surface area contributed by atoms with Crippen LogP contribution in [0.25, 0.3) is 0 Å². The molecule has 2 N–H and O–H groups in total. The van der Waals surface area contributed by atoms with Gasteiger partial charge in [-0.2, -0.15) is 0 Å². The fourth-order valence-electron chi connectivity index (χ4n) is 4.66. The first-order chi connectivity index (χ1) is 19.0. The molecule has 0 aliphatic carbocycles. The van der Waals surface area contributed by atoms with E-state index >= 15 is 0 Å². The zero-order valence-electron chi connectivity index (χ0n) is 22.9. The number of carbonyl (C=O) groups is 2. The van der Waals surface area contributed by atoms with Gasteiger partial charge in [0.25, 0.3) is 5.91 Å². The van der Waals surface area contributed by atoms with E-state index in [4.69, 9.17) is 9.47 Å². The van der Waals surface area contributed by atoms with Gasteiger partial charge in [-0.15, -0.1) is 0 Å². The van der Waals surface area contributed by atoms with Gasteiger partial charge in [-0.25, -0.2) is 0 Å². The minimum Gasteiger partial charge on any atom is -0.493 e. The highest BCUT2D eigenvalue weighted by Gasteiger charge is 2.31. The van der Waals surface area contributed by atoms with Crippen molar-refractivity contribution in [2.24, 2.45) is 0 Å². The summed E-state index contributed by atoms with van der Waals surface area (Å²) in [6.45, 7) is 6.26. The number of rotatable bonds is 12. The van der Waals surface area contributed by atoms with Gasteiger partial charge < -0.3 is 25.0 Å². The third kappa shape index (κ3) is 8.24. The maximum atomic E-state index is 13.5.